The van der Waals surface area contributed by atoms with E-state index in [0.717, 1.165) is 49.1 Å². The normalized spacial score (nSPS) is 14.5. The Labute approximate surface area is 124 Å². The summed E-state index contributed by atoms with van der Waals surface area (Å²) in [7, 11) is 0. The minimum Gasteiger partial charge on any atom is -0.321 e. The number of hydrogen-bond acceptors (Lipinski definition) is 2. The lowest BCUT2D eigenvalue weighted by atomic mass is 9.96. The number of halogens is 3. The van der Waals surface area contributed by atoms with Crippen molar-refractivity contribution in [3.8, 4) is 0 Å². The van der Waals surface area contributed by atoms with Crippen molar-refractivity contribution in [2.75, 3.05) is 5.32 Å². The van der Waals surface area contributed by atoms with Gasteiger partial charge in [-0.1, -0.05) is 6.07 Å². The van der Waals surface area contributed by atoms with E-state index in [-0.39, 0.29) is 11.4 Å². The van der Waals surface area contributed by atoms with Crippen LogP contribution in [0.3, 0.4) is 0 Å². The SMILES string of the molecule is O=C(Nc1cccc(C(F)(F)F)c1)c1n[nH]c2c1CCCC2. The summed E-state index contributed by atoms with van der Waals surface area (Å²) in [5, 5.41) is 9.33. The van der Waals surface area contributed by atoms with Crippen molar-refractivity contribution in [3.05, 3.63) is 46.8 Å². The largest absolute Gasteiger partial charge is 0.416 e. The van der Waals surface area contributed by atoms with Crippen LogP contribution in [-0.4, -0.2) is 16.1 Å². The minimum absolute atomic E-state index is 0.104. The molecule has 2 aromatic rings. The average Bonchev–Trinajstić information content (AvgIpc) is 2.90. The van der Waals surface area contributed by atoms with Crippen LogP contribution < -0.4 is 5.32 Å². The van der Waals surface area contributed by atoms with Crippen molar-refractivity contribution in [2.45, 2.75) is 31.9 Å². The number of carbonyl (C=O) groups is 1. The van der Waals surface area contributed by atoms with Gasteiger partial charge in [-0.15, -0.1) is 0 Å². The first-order chi connectivity index (χ1) is 10.4. The third-order valence-electron chi connectivity index (χ3n) is 3.72. The Hall–Kier alpha value is -2.31. The molecule has 116 valence electrons. The number of anilines is 1. The van der Waals surface area contributed by atoms with E-state index in [2.05, 4.69) is 15.5 Å². The quantitative estimate of drug-likeness (QED) is 0.891. The Morgan fingerprint density at radius 2 is 2.00 bits per heavy atom. The lowest BCUT2D eigenvalue weighted by Crippen LogP contribution is -2.16. The number of aryl methyl sites for hydroxylation is 1. The first-order valence-electron chi connectivity index (χ1n) is 7.00. The van der Waals surface area contributed by atoms with Crippen LogP contribution in [0.2, 0.25) is 0 Å². The molecule has 1 heterocycles. The third-order valence-corrected chi connectivity index (χ3v) is 3.72. The summed E-state index contributed by atoms with van der Waals surface area (Å²) < 4.78 is 38.0. The molecule has 3 rings (SSSR count). The van der Waals surface area contributed by atoms with Gasteiger partial charge in [0.15, 0.2) is 5.69 Å². The van der Waals surface area contributed by atoms with E-state index >= 15 is 0 Å². The van der Waals surface area contributed by atoms with E-state index in [4.69, 9.17) is 0 Å². The van der Waals surface area contributed by atoms with Gasteiger partial charge in [0.05, 0.1) is 5.56 Å². The van der Waals surface area contributed by atoms with Crippen molar-refractivity contribution in [2.24, 2.45) is 0 Å². The van der Waals surface area contributed by atoms with Crippen molar-refractivity contribution >= 4 is 11.6 Å². The van der Waals surface area contributed by atoms with Crippen molar-refractivity contribution in [1.29, 1.82) is 0 Å². The fourth-order valence-corrected chi connectivity index (χ4v) is 2.63. The Kier molecular flexibility index (Phi) is 3.64. The van der Waals surface area contributed by atoms with E-state index < -0.39 is 17.6 Å². The summed E-state index contributed by atoms with van der Waals surface area (Å²) in [6.45, 7) is 0. The maximum atomic E-state index is 12.7. The molecule has 2 N–H and O–H groups in total. The molecule has 1 aromatic carbocycles. The second-order valence-corrected chi connectivity index (χ2v) is 5.27. The zero-order valence-corrected chi connectivity index (χ0v) is 11.6. The molecule has 0 aliphatic heterocycles. The number of nitrogens with one attached hydrogen (secondary N) is 2. The standard InChI is InChI=1S/C15H14F3N3O/c16-15(17,18)9-4-3-5-10(8-9)19-14(22)13-11-6-1-2-7-12(11)20-21-13/h3-5,8H,1-2,6-7H2,(H,19,22)(H,20,21). The van der Waals surface area contributed by atoms with Crippen LogP contribution in [0.5, 0.6) is 0 Å². The zero-order valence-electron chi connectivity index (χ0n) is 11.6. The molecule has 0 unspecified atom stereocenters. The molecule has 0 fully saturated rings. The van der Waals surface area contributed by atoms with Crippen LogP contribution in [0, 0.1) is 0 Å². The third kappa shape index (κ3) is 2.84. The highest BCUT2D eigenvalue weighted by Crippen LogP contribution is 2.31. The van der Waals surface area contributed by atoms with Crippen LogP contribution in [0.25, 0.3) is 0 Å². The smallest absolute Gasteiger partial charge is 0.321 e. The molecule has 1 aromatic heterocycles. The van der Waals surface area contributed by atoms with E-state index in [1.165, 1.54) is 12.1 Å². The summed E-state index contributed by atoms with van der Waals surface area (Å²) >= 11 is 0. The van der Waals surface area contributed by atoms with Gasteiger partial charge in [0.2, 0.25) is 0 Å². The molecule has 0 saturated heterocycles. The van der Waals surface area contributed by atoms with Crippen LogP contribution in [0.1, 0.15) is 40.2 Å². The maximum Gasteiger partial charge on any atom is 0.416 e. The zero-order chi connectivity index (χ0) is 15.7. The molecule has 0 bridgehead atoms. The number of benzene rings is 1. The molecule has 0 atom stereocenters. The van der Waals surface area contributed by atoms with E-state index in [9.17, 15) is 18.0 Å². The second kappa shape index (κ2) is 5.47. The van der Waals surface area contributed by atoms with Crippen LogP contribution >= 0.6 is 0 Å². The van der Waals surface area contributed by atoms with E-state index in [1.807, 2.05) is 0 Å². The monoisotopic (exact) mass is 309 g/mol. The molecule has 1 aliphatic rings. The molecule has 1 amide bonds. The summed E-state index contributed by atoms with van der Waals surface area (Å²) in [6, 6.07) is 4.56. The number of amides is 1. The number of alkyl halides is 3. The number of fused-ring (bicyclic) bond motifs is 1. The fourth-order valence-electron chi connectivity index (χ4n) is 2.63. The molecular formula is C15H14F3N3O. The first kappa shape index (κ1) is 14.6. The van der Waals surface area contributed by atoms with Gasteiger partial charge in [0, 0.05) is 16.9 Å². The van der Waals surface area contributed by atoms with Crippen molar-refractivity contribution in [1.82, 2.24) is 10.2 Å². The number of aromatic amines is 1. The summed E-state index contributed by atoms with van der Waals surface area (Å²) in [5.41, 5.74) is 1.39. The number of carbonyl (C=O) groups excluding carboxylic acids is 1. The molecule has 7 heteroatoms. The molecule has 0 spiro atoms. The number of rotatable bonds is 2. The van der Waals surface area contributed by atoms with Crippen molar-refractivity contribution < 1.29 is 18.0 Å². The number of nitrogens with zero attached hydrogens (tertiary/aromatic N) is 1. The van der Waals surface area contributed by atoms with Gasteiger partial charge >= 0.3 is 6.18 Å². The number of aromatic nitrogens is 2. The van der Waals surface area contributed by atoms with Gasteiger partial charge in [-0.2, -0.15) is 18.3 Å². The summed E-state index contributed by atoms with van der Waals surface area (Å²) in [4.78, 5) is 12.2. The molecule has 0 saturated carbocycles. The van der Waals surface area contributed by atoms with Crippen molar-refractivity contribution in [3.63, 3.8) is 0 Å². The predicted octanol–water partition coefficient (Wildman–Crippen LogP) is 3.56. The molecule has 1 aliphatic carbocycles. The highest BCUT2D eigenvalue weighted by molar-refractivity contribution is 6.04. The molecule has 4 nitrogen and oxygen atoms in total. The van der Waals surface area contributed by atoms with Crippen LogP contribution in [0.4, 0.5) is 18.9 Å². The average molecular weight is 309 g/mol. The van der Waals surface area contributed by atoms with Crippen LogP contribution in [0.15, 0.2) is 24.3 Å². The van der Waals surface area contributed by atoms with E-state index in [1.54, 1.807) is 0 Å². The lowest BCUT2D eigenvalue weighted by Gasteiger charge is -2.12. The van der Waals surface area contributed by atoms with E-state index in [0.29, 0.717) is 0 Å². The highest BCUT2D eigenvalue weighted by atomic mass is 19.4. The highest BCUT2D eigenvalue weighted by Gasteiger charge is 2.30. The lowest BCUT2D eigenvalue weighted by molar-refractivity contribution is -0.137. The van der Waals surface area contributed by atoms with Gasteiger partial charge in [0.1, 0.15) is 0 Å². The molecule has 22 heavy (non-hydrogen) atoms. The molecule has 0 radical (unpaired) electrons. The van der Waals surface area contributed by atoms with Gasteiger partial charge in [-0.05, 0) is 43.9 Å². The maximum absolute atomic E-state index is 12.7. The Balaban J connectivity index is 1.82. The topological polar surface area (TPSA) is 57.8 Å². The Bertz CT molecular complexity index is 706. The Morgan fingerprint density at radius 1 is 1.23 bits per heavy atom. The Morgan fingerprint density at radius 3 is 2.77 bits per heavy atom. The minimum atomic E-state index is -4.44. The number of hydrogen-bond donors (Lipinski definition) is 2. The number of H-pyrrole nitrogens is 1. The van der Waals surface area contributed by atoms with Gasteiger partial charge in [-0.3, -0.25) is 9.89 Å². The van der Waals surface area contributed by atoms with Gasteiger partial charge in [0.25, 0.3) is 5.91 Å². The fraction of sp³-hybridized carbons (Fsp3) is 0.333. The van der Waals surface area contributed by atoms with Gasteiger partial charge < -0.3 is 5.32 Å². The van der Waals surface area contributed by atoms with Crippen LogP contribution in [-0.2, 0) is 19.0 Å². The summed E-state index contributed by atoms with van der Waals surface area (Å²) in [5.74, 6) is -0.487. The summed E-state index contributed by atoms with van der Waals surface area (Å²) in [6.07, 6.45) is -0.803. The van der Waals surface area contributed by atoms with Gasteiger partial charge in [-0.25, -0.2) is 0 Å². The predicted molar refractivity (Wildman–Crippen MR) is 74.6 cm³/mol. The first-order valence-corrected chi connectivity index (χ1v) is 7.00. The molecular weight excluding hydrogens is 295 g/mol. The second-order valence-electron chi connectivity index (χ2n) is 5.27.